The lowest BCUT2D eigenvalue weighted by molar-refractivity contribution is 0.296. The molecular weight excluding hydrogens is 294 g/mol. The van der Waals surface area contributed by atoms with E-state index in [1.54, 1.807) is 10.8 Å². The highest BCUT2D eigenvalue weighted by Gasteiger charge is 1.99. The third-order valence-electron chi connectivity index (χ3n) is 2.62. The van der Waals surface area contributed by atoms with Gasteiger partial charge in [-0.25, -0.2) is 0 Å². The average molecular weight is 308 g/mol. The Morgan fingerprint density at radius 3 is 2.67 bits per heavy atom. The number of halogens is 1. The lowest BCUT2D eigenvalue weighted by Crippen LogP contribution is -2.23. The van der Waals surface area contributed by atoms with Crippen molar-refractivity contribution >= 4 is 15.9 Å². The predicted octanol–water partition coefficient (Wildman–Crippen LogP) is 3.00. The molecule has 2 rings (SSSR count). The van der Waals surface area contributed by atoms with Crippen LogP contribution in [0.4, 0.5) is 0 Å². The Labute approximate surface area is 114 Å². The van der Waals surface area contributed by atoms with Gasteiger partial charge in [0.25, 0.3) is 5.56 Å². The zero-order valence-corrected chi connectivity index (χ0v) is 11.7. The molecule has 0 bridgehead atoms. The third-order valence-corrected chi connectivity index (χ3v) is 3.15. The fourth-order valence-corrected chi connectivity index (χ4v) is 1.89. The molecule has 3 nitrogen and oxygen atoms in total. The summed E-state index contributed by atoms with van der Waals surface area (Å²) in [4.78, 5) is 11.8. The maximum absolute atomic E-state index is 11.8. The molecule has 0 atom stereocenters. The fraction of sp³-hybridized carbons (Fsp3) is 0.214. The fourth-order valence-electron chi connectivity index (χ4n) is 1.63. The summed E-state index contributed by atoms with van der Waals surface area (Å²) >= 11 is 3.37. The van der Waals surface area contributed by atoms with Gasteiger partial charge in [-0.2, -0.15) is 0 Å². The van der Waals surface area contributed by atoms with Crippen molar-refractivity contribution in [3.05, 3.63) is 63.0 Å². The predicted molar refractivity (Wildman–Crippen MR) is 75.1 cm³/mol. The lowest BCUT2D eigenvalue weighted by Gasteiger charge is -2.08. The summed E-state index contributed by atoms with van der Waals surface area (Å²) in [6.45, 7) is 2.84. The van der Waals surface area contributed by atoms with Crippen molar-refractivity contribution in [1.29, 1.82) is 0 Å². The van der Waals surface area contributed by atoms with Crippen LogP contribution in [0.1, 0.15) is 5.56 Å². The second-order valence-corrected chi connectivity index (χ2v) is 4.91. The van der Waals surface area contributed by atoms with Crippen molar-refractivity contribution in [1.82, 2.24) is 4.57 Å². The lowest BCUT2D eigenvalue weighted by atomic mass is 10.3. The SMILES string of the molecule is Cc1cccn(CCOc2ccc(Br)cc2)c1=O. The summed E-state index contributed by atoms with van der Waals surface area (Å²) in [6.07, 6.45) is 1.78. The number of pyridine rings is 1. The highest BCUT2D eigenvalue weighted by atomic mass is 79.9. The van der Waals surface area contributed by atoms with Gasteiger partial charge in [0.15, 0.2) is 0 Å². The van der Waals surface area contributed by atoms with E-state index in [9.17, 15) is 4.79 Å². The normalized spacial score (nSPS) is 10.3. The molecule has 0 aliphatic rings. The molecule has 0 saturated heterocycles. The molecule has 0 saturated carbocycles. The van der Waals surface area contributed by atoms with E-state index >= 15 is 0 Å². The molecule has 1 heterocycles. The van der Waals surface area contributed by atoms with E-state index in [1.807, 2.05) is 43.3 Å². The van der Waals surface area contributed by atoms with Gasteiger partial charge in [0.2, 0.25) is 0 Å². The number of ether oxygens (including phenoxy) is 1. The molecule has 94 valence electrons. The molecule has 0 aliphatic carbocycles. The second-order valence-electron chi connectivity index (χ2n) is 3.99. The zero-order valence-electron chi connectivity index (χ0n) is 10.1. The Hall–Kier alpha value is -1.55. The molecule has 0 aliphatic heterocycles. The van der Waals surface area contributed by atoms with Gasteiger partial charge in [0.05, 0.1) is 6.54 Å². The number of aromatic nitrogens is 1. The van der Waals surface area contributed by atoms with Gasteiger partial charge in [0, 0.05) is 16.2 Å². The summed E-state index contributed by atoms with van der Waals surface area (Å²) in [5.41, 5.74) is 0.790. The van der Waals surface area contributed by atoms with Gasteiger partial charge in [-0.1, -0.05) is 22.0 Å². The Bertz CT molecular complexity index is 575. The largest absolute Gasteiger partial charge is 0.492 e. The third kappa shape index (κ3) is 3.23. The quantitative estimate of drug-likeness (QED) is 0.869. The first-order valence-corrected chi connectivity index (χ1v) is 6.50. The van der Waals surface area contributed by atoms with Crippen LogP contribution in [0.15, 0.2) is 51.9 Å². The molecular formula is C14H14BrNO2. The van der Waals surface area contributed by atoms with Crippen LogP contribution in [0.5, 0.6) is 5.75 Å². The summed E-state index contributed by atoms with van der Waals surface area (Å²) in [5.74, 6) is 0.805. The summed E-state index contributed by atoms with van der Waals surface area (Å²) < 4.78 is 8.26. The van der Waals surface area contributed by atoms with E-state index in [4.69, 9.17) is 4.74 Å². The molecule has 4 heteroatoms. The molecule has 0 N–H and O–H groups in total. The molecule has 2 aromatic rings. The first-order chi connectivity index (χ1) is 8.66. The summed E-state index contributed by atoms with van der Waals surface area (Å²) in [6, 6.07) is 11.3. The van der Waals surface area contributed by atoms with Crippen LogP contribution in [-0.4, -0.2) is 11.2 Å². The van der Waals surface area contributed by atoms with Gasteiger partial charge < -0.3 is 9.30 Å². The van der Waals surface area contributed by atoms with Crippen LogP contribution in [-0.2, 0) is 6.54 Å². The van der Waals surface area contributed by atoms with Crippen molar-refractivity contribution in [2.45, 2.75) is 13.5 Å². The summed E-state index contributed by atoms with van der Waals surface area (Å²) in [7, 11) is 0. The van der Waals surface area contributed by atoms with Crippen molar-refractivity contribution in [2.75, 3.05) is 6.61 Å². The van der Waals surface area contributed by atoms with Crippen LogP contribution in [0.3, 0.4) is 0 Å². The number of aryl methyl sites for hydroxylation is 1. The Balaban J connectivity index is 1.94. The van der Waals surface area contributed by atoms with E-state index < -0.39 is 0 Å². The van der Waals surface area contributed by atoms with E-state index in [-0.39, 0.29) is 5.56 Å². The number of hydrogen-bond acceptors (Lipinski definition) is 2. The summed E-state index contributed by atoms with van der Waals surface area (Å²) in [5, 5.41) is 0. The van der Waals surface area contributed by atoms with Crippen molar-refractivity contribution in [2.24, 2.45) is 0 Å². The first kappa shape index (κ1) is 12.9. The van der Waals surface area contributed by atoms with E-state index in [1.165, 1.54) is 0 Å². The van der Waals surface area contributed by atoms with Crippen LogP contribution in [0.25, 0.3) is 0 Å². The average Bonchev–Trinajstić information content (AvgIpc) is 2.37. The topological polar surface area (TPSA) is 31.2 Å². The Morgan fingerprint density at radius 1 is 1.22 bits per heavy atom. The minimum atomic E-state index is 0.0388. The number of benzene rings is 1. The maximum atomic E-state index is 11.8. The van der Waals surface area contributed by atoms with Gasteiger partial charge >= 0.3 is 0 Å². The van der Waals surface area contributed by atoms with Crippen molar-refractivity contribution in [3.8, 4) is 5.75 Å². The number of nitrogens with zero attached hydrogens (tertiary/aromatic N) is 1. The highest BCUT2D eigenvalue weighted by Crippen LogP contribution is 2.15. The molecule has 1 aromatic carbocycles. The molecule has 0 radical (unpaired) electrons. The first-order valence-electron chi connectivity index (χ1n) is 5.71. The van der Waals surface area contributed by atoms with Crippen LogP contribution >= 0.6 is 15.9 Å². The zero-order chi connectivity index (χ0) is 13.0. The van der Waals surface area contributed by atoms with E-state index in [0.29, 0.717) is 13.2 Å². The van der Waals surface area contributed by atoms with Gasteiger partial charge in [0.1, 0.15) is 12.4 Å². The highest BCUT2D eigenvalue weighted by molar-refractivity contribution is 9.10. The van der Waals surface area contributed by atoms with Crippen molar-refractivity contribution in [3.63, 3.8) is 0 Å². The second kappa shape index (κ2) is 5.87. The number of hydrogen-bond donors (Lipinski definition) is 0. The molecule has 18 heavy (non-hydrogen) atoms. The standard InChI is InChI=1S/C14H14BrNO2/c1-11-3-2-8-16(14(11)17)9-10-18-13-6-4-12(15)5-7-13/h2-8H,9-10H2,1H3. The molecule has 0 spiro atoms. The molecule has 0 unspecified atom stereocenters. The maximum Gasteiger partial charge on any atom is 0.253 e. The van der Waals surface area contributed by atoms with E-state index in [2.05, 4.69) is 15.9 Å². The number of rotatable bonds is 4. The van der Waals surface area contributed by atoms with Crippen LogP contribution in [0, 0.1) is 6.92 Å². The minimum absolute atomic E-state index is 0.0388. The van der Waals surface area contributed by atoms with Gasteiger partial charge in [-0.05, 0) is 37.3 Å². The Morgan fingerprint density at radius 2 is 1.94 bits per heavy atom. The molecule has 0 fully saturated rings. The van der Waals surface area contributed by atoms with Crippen LogP contribution in [0.2, 0.25) is 0 Å². The van der Waals surface area contributed by atoms with E-state index in [0.717, 1.165) is 15.8 Å². The Kier molecular flexibility index (Phi) is 4.20. The van der Waals surface area contributed by atoms with Crippen LogP contribution < -0.4 is 10.3 Å². The minimum Gasteiger partial charge on any atom is -0.492 e. The van der Waals surface area contributed by atoms with Crippen molar-refractivity contribution < 1.29 is 4.74 Å². The monoisotopic (exact) mass is 307 g/mol. The molecule has 0 amide bonds. The smallest absolute Gasteiger partial charge is 0.253 e. The van der Waals surface area contributed by atoms with Gasteiger partial charge in [-0.15, -0.1) is 0 Å². The van der Waals surface area contributed by atoms with Gasteiger partial charge in [-0.3, -0.25) is 4.79 Å². The molecule has 1 aromatic heterocycles.